The lowest BCUT2D eigenvalue weighted by Crippen LogP contribution is -2.63. The van der Waals surface area contributed by atoms with E-state index >= 15 is 0 Å². The molecule has 20 nitrogen and oxygen atoms in total. The second kappa shape index (κ2) is 23.1. The van der Waals surface area contributed by atoms with E-state index in [0.717, 1.165) is 6.92 Å². The number of carbonyl (C=O) groups excluding carboxylic acids is 6. The van der Waals surface area contributed by atoms with Crippen LogP contribution >= 0.6 is 0 Å². The summed E-state index contributed by atoms with van der Waals surface area (Å²) in [5.41, 5.74) is 6.90. The van der Waals surface area contributed by atoms with Crippen LogP contribution in [0.3, 0.4) is 0 Å². The Hall–Kier alpha value is -6.61. The molecule has 0 saturated carbocycles. The number of aliphatic carboxylic acids is 1. The molecule has 14 N–H and O–H groups in total. The van der Waals surface area contributed by atoms with Gasteiger partial charge in [-0.1, -0.05) is 54.6 Å². The van der Waals surface area contributed by atoms with E-state index in [4.69, 9.17) is 5.73 Å². The molecular formula is C40H51N7O13. The predicted octanol–water partition coefficient (Wildman–Crippen LogP) is -3.17. The summed E-state index contributed by atoms with van der Waals surface area (Å²) in [6.07, 6.45) is -3.73. The highest BCUT2D eigenvalue weighted by Crippen LogP contribution is 2.14. The quantitative estimate of drug-likeness (QED) is 0.0475. The van der Waals surface area contributed by atoms with Crippen LogP contribution in [0, 0.1) is 0 Å². The summed E-state index contributed by atoms with van der Waals surface area (Å²) in [6.45, 7) is 0.841. The zero-order chi connectivity index (χ0) is 44.5. The standard InChI is InChI=1S/C40H51N7O13/c1-21(49)33(46-35(54)28(42-32(53)19-41)17-24-8-12-26(51)13-9-24)38(57)43-29(16-23-6-4-3-5-7-23)36(55)47-34(22(2)50)39(58)45-31(20-48)37(56)44-30(40(59)60)18-25-10-14-27(52)15-11-25/h3-15,21-22,28-31,33-34,48-52H,16-20,41H2,1-2H3,(H,42,53)(H,43,57)(H,44,56)(H,45,58)(H,46,54)(H,47,55)(H,59,60)/t21-,22-,28+,29+,30+,31+,33+,34+/m1/s1. The van der Waals surface area contributed by atoms with Crippen molar-refractivity contribution < 1.29 is 64.2 Å². The number of aromatic hydroxyl groups is 2. The maximum absolute atomic E-state index is 13.9. The highest BCUT2D eigenvalue weighted by molar-refractivity contribution is 5.97. The van der Waals surface area contributed by atoms with E-state index in [-0.39, 0.29) is 30.8 Å². The van der Waals surface area contributed by atoms with Crippen LogP contribution in [0.5, 0.6) is 11.5 Å². The Bertz CT molecular complexity index is 1930. The molecule has 0 radical (unpaired) electrons. The van der Waals surface area contributed by atoms with Gasteiger partial charge in [-0.25, -0.2) is 4.79 Å². The van der Waals surface area contributed by atoms with E-state index in [1.165, 1.54) is 55.5 Å². The Morgan fingerprint density at radius 1 is 0.517 bits per heavy atom. The summed E-state index contributed by atoms with van der Waals surface area (Å²) in [7, 11) is 0. The summed E-state index contributed by atoms with van der Waals surface area (Å²) in [5.74, 6) is -7.53. The molecule has 0 spiro atoms. The molecule has 60 heavy (non-hydrogen) atoms. The molecule has 3 aromatic rings. The van der Waals surface area contributed by atoms with Crippen LogP contribution in [0.1, 0.15) is 30.5 Å². The summed E-state index contributed by atoms with van der Waals surface area (Å²) < 4.78 is 0. The molecule has 8 atom stereocenters. The van der Waals surface area contributed by atoms with E-state index < -0.39 is 103 Å². The fourth-order valence-electron chi connectivity index (χ4n) is 5.76. The topological polar surface area (TPSA) is 339 Å². The largest absolute Gasteiger partial charge is 0.508 e. The number of aliphatic hydroxyl groups is 3. The highest BCUT2D eigenvalue weighted by Gasteiger charge is 2.36. The number of carboxylic acids is 1. The van der Waals surface area contributed by atoms with E-state index in [1.807, 2.05) is 0 Å². The molecule has 6 amide bonds. The average Bonchev–Trinajstić information content (AvgIpc) is 3.21. The molecule has 0 saturated heterocycles. The third-order valence-electron chi connectivity index (χ3n) is 9.06. The van der Waals surface area contributed by atoms with Gasteiger partial charge in [0, 0.05) is 19.3 Å². The minimum absolute atomic E-state index is 0.0437. The van der Waals surface area contributed by atoms with E-state index in [1.54, 1.807) is 30.3 Å². The van der Waals surface area contributed by atoms with E-state index in [2.05, 4.69) is 31.9 Å². The lowest BCUT2D eigenvalue weighted by molar-refractivity contribution is -0.142. The van der Waals surface area contributed by atoms with Crippen molar-refractivity contribution in [2.24, 2.45) is 5.73 Å². The summed E-state index contributed by atoms with van der Waals surface area (Å²) in [4.78, 5) is 91.7. The summed E-state index contributed by atoms with van der Waals surface area (Å²) in [6, 6.07) is 9.92. The Morgan fingerprint density at radius 3 is 1.28 bits per heavy atom. The first kappa shape index (κ1) is 47.8. The number of nitrogens with one attached hydrogen (secondary N) is 6. The van der Waals surface area contributed by atoms with Gasteiger partial charge in [0.25, 0.3) is 0 Å². The molecule has 0 heterocycles. The molecule has 20 heteroatoms. The van der Waals surface area contributed by atoms with Crippen molar-refractivity contribution >= 4 is 41.4 Å². The second-order valence-corrected chi connectivity index (χ2v) is 13.9. The number of phenolic OH excluding ortho intramolecular Hbond substituents is 2. The third-order valence-corrected chi connectivity index (χ3v) is 9.06. The van der Waals surface area contributed by atoms with Crippen molar-refractivity contribution in [3.8, 4) is 11.5 Å². The van der Waals surface area contributed by atoms with Gasteiger partial charge in [-0.2, -0.15) is 0 Å². The molecule has 0 unspecified atom stereocenters. The minimum atomic E-state index is -1.80. The van der Waals surface area contributed by atoms with Crippen LogP contribution in [0.4, 0.5) is 0 Å². The van der Waals surface area contributed by atoms with Crippen LogP contribution in [0.2, 0.25) is 0 Å². The zero-order valence-corrected chi connectivity index (χ0v) is 32.8. The fraction of sp³-hybridized carbons (Fsp3) is 0.375. The first-order valence-corrected chi connectivity index (χ1v) is 18.7. The first-order chi connectivity index (χ1) is 28.4. The van der Waals surface area contributed by atoms with Gasteiger partial charge in [0.05, 0.1) is 25.4 Å². The number of phenols is 2. The molecule has 0 fully saturated rings. The maximum atomic E-state index is 13.9. The Morgan fingerprint density at radius 2 is 0.883 bits per heavy atom. The van der Waals surface area contributed by atoms with Crippen LogP contribution in [-0.2, 0) is 52.8 Å². The first-order valence-electron chi connectivity index (χ1n) is 18.7. The van der Waals surface area contributed by atoms with E-state index in [0.29, 0.717) is 16.7 Å². The zero-order valence-electron chi connectivity index (χ0n) is 32.8. The molecule has 0 aromatic heterocycles. The summed E-state index contributed by atoms with van der Waals surface area (Å²) >= 11 is 0. The third kappa shape index (κ3) is 15.0. The molecule has 3 rings (SSSR count). The van der Waals surface area contributed by atoms with Crippen LogP contribution in [0.15, 0.2) is 78.9 Å². The van der Waals surface area contributed by atoms with Crippen molar-refractivity contribution in [1.82, 2.24) is 31.9 Å². The van der Waals surface area contributed by atoms with Crippen molar-refractivity contribution in [1.29, 1.82) is 0 Å². The number of amides is 6. The minimum Gasteiger partial charge on any atom is -0.508 e. The summed E-state index contributed by atoms with van der Waals surface area (Å²) in [5, 5.41) is 74.0. The Labute approximate surface area is 344 Å². The van der Waals surface area contributed by atoms with Gasteiger partial charge in [0.1, 0.15) is 47.8 Å². The van der Waals surface area contributed by atoms with E-state index in [9.17, 15) is 64.2 Å². The fourth-order valence-corrected chi connectivity index (χ4v) is 5.76. The molecule has 0 bridgehead atoms. The van der Waals surface area contributed by atoms with Gasteiger partial charge in [-0.15, -0.1) is 0 Å². The molecule has 0 aliphatic rings. The van der Waals surface area contributed by atoms with Crippen molar-refractivity contribution in [3.05, 3.63) is 95.6 Å². The van der Waals surface area contributed by atoms with Gasteiger partial charge < -0.3 is 68.3 Å². The predicted molar refractivity (Wildman–Crippen MR) is 212 cm³/mol. The van der Waals surface area contributed by atoms with Gasteiger partial charge in [-0.05, 0) is 54.8 Å². The monoisotopic (exact) mass is 837 g/mol. The maximum Gasteiger partial charge on any atom is 0.326 e. The molecule has 3 aromatic carbocycles. The SMILES string of the molecule is C[C@@H](O)[C@H](NC(=O)[C@H](Cc1ccccc1)NC(=O)[C@@H](NC(=O)[C@H](Cc1ccc(O)cc1)NC(=O)CN)[C@@H](C)O)C(=O)N[C@@H](CO)C(=O)N[C@@H](Cc1ccc(O)cc1)C(=O)O. The molecular weight excluding hydrogens is 786 g/mol. The van der Waals surface area contributed by atoms with Crippen molar-refractivity contribution in [2.75, 3.05) is 13.2 Å². The van der Waals surface area contributed by atoms with Crippen molar-refractivity contribution in [2.45, 2.75) is 81.6 Å². The van der Waals surface area contributed by atoms with Crippen LogP contribution in [-0.4, -0.2) is 134 Å². The smallest absolute Gasteiger partial charge is 0.326 e. The number of carbonyl (C=O) groups is 7. The highest BCUT2D eigenvalue weighted by atomic mass is 16.4. The average molecular weight is 838 g/mol. The lowest BCUT2D eigenvalue weighted by atomic mass is 10.0. The van der Waals surface area contributed by atoms with Gasteiger partial charge in [0.2, 0.25) is 35.4 Å². The Balaban J connectivity index is 1.80. The van der Waals surface area contributed by atoms with Crippen LogP contribution < -0.4 is 37.6 Å². The van der Waals surface area contributed by atoms with Gasteiger partial charge in [-0.3, -0.25) is 28.8 Å². The normalized spacial score (nSPS) is 15.0. The lowest BCUT2D eigenvalue weighted by Gasteiger charge is -2.29. The van der Waals surface area contributed by atoms with Gasteiger partial charge in [0.15, 0.2) is 0 Å². The number of hydrogen-bond donors (Lipinski definition) is 13. The number of nitrogens with two attached hydrogens (primary N) is 1. The van der Waals surface area contributed by atoms with Crippen LogP contribution in [0.25, 0.3) is 0 Å². The van der Waals surface area contributed by atoms with Gasteiger partial charge >= 0.3 is 5.97 Å². The Kier molecular flexibility index (Phi) is 18.4. The van der Waals surface area contributed by atoms with Crippen molar-refractivity contribution in [3.63, 3.8) is 0 Å². The second-order valence-electron chi connectivity index (χ2n) is 13.9. The molecule has 0 aliphatic carbocycles. The molecule has 0 aliphatic heterocycles. The number of benzene rings is 3. The number of hydrogen-bond acceptors (Lipinski definition) is 13. The number of aliphatic hydroxyl groups excluding tert-OH is 3. The molecule has 324 valence electrons. The number of carboxylic acid groups (broad SMARTS) is 1. The number of rotatable bonds is 22.